The standard InChI is InChI=1S/C12H15N7/c1-8-3-4-9-11(15-8)19(12(13)16-9)6-5-10-17-14-7-18(10)2/h3-4,7H,5-6H2,1-2H3,(H2,13,16). The molecule has 0 atom stereocenters. The van der Waals surface area contributed by atoms with E-state index in [9.17, 15) is 0 Å². The molecule has 0 aliphatic rings. The number of nitrogen functional groups attached to an aromatic ring is 1. The number of pyridine rings is 1. The van der Waals surface area contributed by atoms with Crippen LogP contribution < -0.4 is 5.73 Å². The van der Waals surface area contributed by atoms with E-state index in [1.807, 2.05) is 35.2 Å². The smallest absolute Gasteiger partial charge is 0.202 e. The highest BCUT2D eigenvalue weighted by atomic mass is 15.3. The number of anilines is 1. The zero-order valence-corrected chi connectivity index (χ0v) is 10.9. The van der Waals surface area contributed by atoms with Gasteiger partial charge in [-0.15, -0.1) is 10.2 Å². The van der Waals surface area contributed by atoms with Gasteiger partial charge in [-0.1, -0.05) is 0 Å². The van der Waals surface area contributed by atoms with Gasteiger partial charge in [0.05, 0.1) is 0 Å². The van der Waals surface area contributed by atoms with Gasteiger partial charge in [-0.2, -0.15) is 0 Å². The van der Waals surface area contributed by atoms with Gasteiger partial charge >= 0.3 is 0 Å². The SMILES string of the molecule is Cc1ccc2nc(N)n(CCc3nncn3C)c2n1. The molecule has 0 fully saturated rings. The van der Waals surface area contributed by atoms with E-state index in [1.54, 1.807) is 6.33 Å². The highest BCUT2D eigenvalue weighted by Gasteiger charge is 2.10. The van der Waals surface area contributed by atoms with E-state index in [4.69, 9.17) is 5.73 Å². The largest absolute Gasteiger partial charge is 0.369 e. The van der Waals surface area contributed by atoms with Crippen LogP contribution in [0.3, 0.4) is 0 Å². The average Bonchev–Trinajstić information content (AvgIpc) is 2.90. The van der Waals surface area contributed by atoms with Crippen LogP contribution in [0.5, 0.6) is 0 Å². The van der Waals surface area contributed by atoms with Crippen molar-refractivity contribution < 1.29 is 0 Å². The molecule has 7 nitrogen and oxygen atoms in total. The number of hydrogen-bond donors (Lipinski definition) is 1. The Labute approximate surface area is 110 Å². The molecule has 7 heteroatoms. The van der Waals surface area contributed by atoms with Crippen molar-refractivity contribution in [1.82, 2.24) is 29.3 Å². The maximum atomic E-state index is 5.95. The molecule has 98 valence electrons. The Kier molecular flexibility index (Phi) is 2.66. The second-order valence-electron chi connectivity index (χ2n) is 4.53. The van der Waals surface area contributed by atoms with E-state index in [0.717, 1.165) is 29.1 Å². The molecule has 3 heterocycles. The van der Waals surface area contributed by atoms with E-state index in [0.29, 0.717) is 12.5 Å². The van der Waals surface area contributed by atoms with Crippen molar-refractivity contribution in [2.45, 2.75) is 19.9 Å². The van der Waals surface area contributed by atoms with Gasteiger partial charge in [-0.25, -0.2) is 9.97 Å². The lowest BCUT2D eigenvalue weighted by molar-refractivity contribution is 0.664. The average molecular weight is 257 g/mol. The summed E-state index contributed by atoms with van der Waals surface area (Å²) in [4.78, 5) is 8.81. The first-order chi connectivity index (χ1) is 9.15. The number of rotatable bonds is 3. The normalized spacial score (nSPS) is 11.3. The van der Waals surface area contributed by atoms with Gasteiger partial charge in [0.1, 0.15) is 17.7 Å². The maximum Gasteiger partial charge on any atom is 0.202 e. The Bertz CT molecular complexity index is 725. The minimum Gasteiger partial charge on any atom is -0.369 e. The number of imidazole rings is 1. The van der Waals surface area contributed by atoms with Crippen LogP contribution in [0.2, 0.25) is 0 Å². The number of aromatic nitrogens is 6. The van der Waals surface area contributed by atoms with E-state index in [2.05, 4.69) is 20.2 Å². The fourth-order valence-corrected chi connectivity index (χ4v) is 2.08. The molecular weight excluding hydrogens is 242 g/mol. The Hall–Kier alpha value is -2.44. The minimum atomic E-state index is 0.482. The van der Waals surface area contributed by atoms with Crippen LogP contribution in [0.25, 0.3) is 11.2 Å². The van der Waals surface area contributed by atoms with Crippen molar-refractivity contribution in [3.8, 4) is 0 Å². The van der Waals surface area contributed by atoms with Crippen molar-refractivity contribution >= 4 is 17.1 Å². The first-order valence-electron chi connectivity index (χ1n) is 6.07. The van der Waals surface area contributed by atoms with E-state index in [1.165, 1.54) is 0 Å². The van der Waals surface area contributed by atoms with E-state index < -0.39 is 0 Å². The number of fused-ring (bicyclic) bond motifs is 1. The van der Waals surface area contributed by atoms with Gasteiger partial charge in [-0.3, -0.25) is 4.57 Å². The van der Waals surface area contributed by atoms with Gasteiger partial charge in [-0.05, 0) is 19.1 Å². The fourth-order valence-electron chi connectivity index (χ4n) is 2.08. The fraction of sp³-hybridized carbons (Fsp3) is 0.333. The predicted molar refractivity (Wildman–Crippen MR) is 71.4 cm³/mol. The van der Waals surface area contributed by atoms with Crippen LogP contribution in [0, 0.1) is 6.92 Å². The van der Waals surface area contributed by atoms with Gasteiger partial charge in [0.2, 0.25) is 5.95 Å². The summed E-state index contributed by atoms with van der Waals surface area (Å²) >= 11 is 0. The third kappa shape index (κ3) is 2.03. The lowest BCUT2D eigenvalue weighted by Crippen LogP contribution is -2.09. The topological polar surface area (TPSA) is 87.4 Å². The summed E-state index contributed by atoms with van der Waals surface area (Å²) in [6.07, 6.45) is 2.43. The van der Waals surface area contributed by atoms with Crippen molar-refractivity contribution in [3.05, 3.63) is 30.0 Å². The van der Waals surface area contributed by atoms with Crippen molar-refractivity contribution in [2.24, 2.45) is 7.05 Å². The minimum absolute atomic E-state index is 0.482. The molecule has 3 aromatic rings. The van der Waals surface area contributed by atoms with Crippen molar-refractivity contribution in [3.63, 3.8) is 0 Å². The third-order valence-electron chi connectivity index (χ3n) is 3.13. The summed E-state index contributed by atoms with van der Waals surface area (Å²) in [5.41, 5.74) is 8.54. The molecule has 0 radical (unpaired) electrons. The summed E-state index contributed by atoms with van der Waals surface area (Å²) in [5, 5.41) is 7.92. The summed E-state index contributed by atoms with van der Waals surface area (Å²) in [6.45, 7) is 2.64. The molecule has 0 unspecified atom stereocenters. The highest BCUT2D eigenvalue weighted by molar-refractivity contribution is 5.74. The molecule has 0 aromatic carbocycles. The molecule has 0 aliphatic heterocycles. The van der Waals surface area contributed by atoms with Crippen LogP contribution in [0.15, 0.2) is 18.5 Å². The molecule has 2 N–H and O–H groups in total. The molecule has 0 saturated carbocycles. The zero-order valence-electron chi connectivity index (χ0n) is 10.9. The van der Waals surface area contributed by atoms with E-state index in [-0.39, 0.29) is 0 Å². The monoisotopic (exact) mass is 257 g/mol. The van der Waals surface area contributed by atoms with Gasteiger partial charge in [0.25, 0.3) is 0 Å². The summed E-state index contributed by atoms with van der Waals surface area (Å²) in [7, 11) is 1.92. The van der Waals surface area contributed by atoms with Crippen LogP contribution >= 0.6 is 0 Å². The summed E-state index contributed by atoms with van der Waals surface area (Å²) < 4.78 is 3.81. The van der Waals surface area contributed by atoms with Crippen molar-refractivity contribution in [1.29, 1.82) is 0 Å². The van der Waals surface area contributed by atoms with E-state index >= 15 is 0 Å². The number of nitrogens with zero attached hydrogens (tertiary/aromatic N) is 6. The summed E-state index contributed by atoms with van der Waals surface area (Å²) in [5.74, 6) is 1.39. The second kappa shape index (κ2) is 4.34. The first kappa shape index (κ1) is 11.6. The zero-order chi connectivity index (χ0) is 13.4. The van der Waals surface area contributed by atoms with Gasteiger partial charge < -0.3 is 10.3 Å². The molecule has 0 bridgehead atoms. The Balaban J connectivity index is 1.94. The third-order valence-corrected chi connectivity index (χ3v) is 3.13. The van der Waals surface area contributed by atoms with Crippen LogP contribution in [0.4, 0.5) is 5.95 Å². The Morgan fingerprint density at radius 2 is 2.11 bits per heavy atom. The van der Waals surface area contributed by atoms with Crippen molar-refractivity contribution in [2.75, 3.05) is 5.73 Å². The number of aryl methyl sites for hydroxylation is 4. The predicted octanol–water partition coefficient (Wildman–Crippen LogP) is 0.693. The van der Waals surface area contributed by atoms with Crippen LogP contribution in [0.1, 0.15) is 11.5 Å². The van der Waals surface area contributed by atoms with Gasteiger partial charge in [0.15, 0.2) is 5.65 Å². The quantitative estimate of drug-likeness (QED) is 0.746. The van der Waals surface area contributed by atoms with Crippen LogP contribution in [-0.2, 0) is 20.0 Å². The second-order valence-corrected chi connectivity index (χ2v) is 4.53. The lowest BCUT2D eigenvalue weighted by Gasteiger charge is -2.05. The first-order valence-corrected chi connectivity index (χ1v) is 6.07. The molecular formula is C12H15N7. The molecule has 0 amide bonds. The molecule has 0 spiro atoms. The Morgan fingerprint density at radius 1 is 1.26 bits per heavy atom. The number of nitrogens with two attached hydrogens (primary N) is 1. The van der Waals surface area contributed by atoms with Gasteiger partial charge in [0, 0.05) is 25.7 Å². The molecule has 3 rings (SSSR count). The highest BCUT2D eigenvalue weighted by Crippen LogP contribution is 2.16. The molecule has 19 heavy (non-hydrogen) atoms. The van der Waals surface area contributed by atoms with Crippen LogP contribution in [-0.4, -0.2) is 29.3 Å². The molecule has 3 aromatic heterocycles. The molecule has 0 saturated heterocycles. The maximum absolute atomic E-state index is 5.95. The number of hydrogen-bond acceptors (Lipinski definition) is 5. The molecule has 0 aliphatic carbocycles. The lowest BCUT2D eigenvalue weighted by atomic mass is 10.3. The Morgan fingerprint density at radius 3 is 2.84 bits per heavy atom. The summed E-state index contributed by atoms with van der Waals surface area (Å²) in [6, 6.07) is 3.87.